The van der Waals surface area contributed by atoms with Crippen molar-refractivity contribution in [3.63, 3.8) is 0 Å². The maximum atomic E-state index is 11.5. The molecule has 0 aliphatic rings. The summed E-state index contributed by atoms with van der Waals surface area (Å²) in [6, 6.07) is 0. The van der Waals surface area contributed by atoms with E-state index in [1.165, 1.54) is 0 Å². The second-order valence-corrected chi connectivity index (χ2v) is 6.88. The van der Waals surface area contributed by atoms with Gasteiger partial charge in [0.15, 0.2) is 0 Å². The van der Waals surface area contributed by atoms with E-state index in [1.807, 2.05) is 0 Å². The Bertz CT molecular complexity index is 393. The Hall–Kier alpha value is -0.900. The van der Waals surface area contributed by atoms with Crippen molar-refractivity contribution in [2.45, 2.75) is 65.2 Å². The summed E-state index contributed by atoms with van der Waals surface area (Å²) in [5.41, 5.74) is 1.25. The van der Waals surface area contributed by atoms with Crippen LogP contribution in [-0.2, 0) is 16.6 Å². The first-order chi connectivity index (χ1) is 8.93. The van der Waals surface area contributed by atoms with Crippen LogP contribution < -0.4 is 5.32 Å². The van der Waals surface area contributed by atoms with Gasteiger partial charge in [0, 0.05) is 30.2 Å². The van der Waals surface area contributed by atoms with Gasteiger partial charge in [-0.05, 0) is 6.42 Å². The van der Waals surface area contributed by atoms with E-state index in [4.69, 9.17) is 0 Å². The first kappa shape index (κ1) is 16.2. The number of unbranched alkanes of at least 4 members (excludes halogenated alkanes) is 2. The summed E-state index contributed by atoms with van der Waals surface area (Å²) in [5.74, 6) is 0.168. The third-order valence-corrected chi connectivity index (χ3v) is 3.90. The fourth-order valence-electron chi connectivity index (χ4n) is 1.70. The molecule has 1 rings (SSSR count). The molecule has 0 saturated heterocycles. The SMILES string of the molecule is CCCCCC(=O)NCCc1nc(C(C)(C)C)cs1. The topological polar surface area (TPSA) is 42.0 Å². The lowest BCUT2D eigenvalue weighted by molar-refractivity contribution is -0.121. The van der Waals surface area contributed by atoms with E-state index in [1.54, 1.807) is 11.3 Å². The molecule has 0 aliphatic carbocycles. The van der Waals surface area contributed by atoms with Crippen LogP contribution in [0.2, 0.25) is 0 Å². The van der Waals surface area contributed by atoms with Gasteiger partial charge in [0.25, 0.3) is 0 Å². The molecule has 0 radical (unpaired) electrons. The van der Waals surface area contributed by atoms with Crippen molar-refractivity contribution in [2.75, 3.05) is 6.54 Å². The van der Waals surface area contributed by atoms with Gasteiger partial charge < -0.3 is 5.32 Å². The van der Waals surface area contributed by atoms with Crippen molar-refractivity contribution in [1.82, 2.24) is 10.3 Å². The molecule has 1 amide bonds. The number of hydrogen-bond donors (Lipinski definition) is 1. The number of carbonyl (C=O) groups is 1. The Morgan fingerprint density at radius 2 is 2.11 bits per heavy atom. The van der Waals surface area contributed by atoms with Crippen molar-refractivity contribution in [3.05, 3.63) is 16.1 Å². The minimum atomic E-state index is 0.109. The summed E-state index contributed by atoms with van der Waals surface area (Å²) < 4.78 is 0. The maximum Gasteiger partial charge on any atom is 0.220 e. The van der Waals surface area contributed by atoms with E-state index in [0.717, 1.165) is 36.4 Å². The van der Waals surface area contributed by atoms with Crippen LogP contribution in [0.1, 0.15) is 64.1 Å². The van der Waals surface area contributed by atoms with Crippen LogP contribution in [0.25, 0.3) is 0 Å². The highest BCUT2D eigenvalue weighted by Crippen LogP contribution is 2.23. The average Bonchev–Trinajstić information content (AvgIpc) is 2.78. The van der Waals surface area contributed by atoms with Crippen molar-refractivity contribution < 1.29 is 4.79 Å². The molecule has 0 aliphatic heterocycles. The molecule has 0 unspecified atom stereocenters. The summed E-state index contributed by atoms with van der Waals surface area (Å²) in [6.07, 6.45) is 4.77. The summed E-state index contributed by atoms with van der Waals surface area (Å²) in [5, 5.41) is 6.20. The Morgan fingerprint density at radius 3 is 2.68 bits per heavy atom. The van der Waals surface area contributed by atoms with Crippen molar-refractivity contribution in [1.29, 1.82) is 0 Å². The number of rotatable bonds is 7. The molecule has 19 heavy (non-hydrogen) atoms. The van der Waals surface area contributed by atoms with Gasteiger partial charge in [-0.25, -0.2) is 4.98 Å². The molecule has 3 nitrogen and oxygen atoms in total. The molecule has 1 heterocycles. The Balaban J connectivity index is 2.26. The number of thiazole rings is 1. The van der Waals surface area contributed by atoms with Gasteiger partial charge in [-0.2, -0.15) is 0 Å². The van der Waals surface area contributed by atoms with Gasteiger partial charge in [-0.15, -0.1) is 11.3 Å². The summed E-state index contributed by atoms with van der Waals surface area (Å²) in [7, 11) is 0. The summed E-state index contributed by atoms with van der Waals surface area (Å²) in [4.78, 5) is 16.2. The summed E-state index contributed by atoms with van der Waals surface area (Å²) >= 11 is 1.69. The largest absolute Gasteiger partial charge is 0.356 e. The monoisotopic (exact) mass is 282 g/mol. The fourth-order valence-corrected chi connectivity index (χ4v) is 2.73. The fraction of sp³-hybridized carbons (Fsp3) is 0.733. The molecule has 1 aromatic heterocycles. The standard InChI is InChI=1S/C15H26N2OS/c1-5-6-7-8-13(18)16-10-9-14-17-12(11-19-14)15(2,3)4/h11H,5-10H2,1-4H3,(H,16,18). The van der Waals surface area contributed by atoms with Gasteiger partial charge in [-0.3, -0.25) is 4.79 Å². The molecular formula is C15H26N2OS. The predicted octanol–water partition coefficient (Wildman–Crippen LogP) is 3.68. The van der Waals surface area contributed by atoms with E-state index in [9.17, 15) is 4.79 Å². The van der Waals surface area contributed by atoms with E-state index in [0.29, 0.717) is 13.0 Å². The molecule has 0 spiro atoms. The third kappa shape index (κ3) is 6.19. The molecule has 0 saturated carbocycles. The second kappa shape index (κ2) is 7.63. The number of nitrogens with zero attached hydrogens (tertiary/aromatic N) is 1. The van der Waals surface area contributed by atoms with E-state index >= 15 is 0 Å². The van der Waals surface area contributed by atoms with Gasteiger partial charge in [0.05, 0.1) is 10.7 Å². The van der Waals surface area contributed by atoms with Crippen molar-refractivity contribution in [3.8, 4) is 0 Å². The third-order valence-electron chi connectivity index (χ3n) is 2.99. The van der Waals surface area contributed by atoms with Crippen LogP contribution in [0, 0.1) is 0 Å². The molecule has 1 N–H and O–H groups in total. The Kier molecular flexibility index (Phi) is 6.49. The number of carbonyl (C=O) groups excluding carboxylic acids is 1. The summed E-state index contributed by atoms with van der Waals surface area (Å²) in [6.45, 7) is 9.35. The lowest BCUT2D eigenvalue weighted by Crippen LogP contribution is -2.25. The first-order valence-electron chi connectivity index (χ1n) is 7.15. The normalized spacial score (nSPS) is 11.6. The van der Waals surface area contributed by atoms with Crippen molar-refractivity contribution >= 4 is 17.2 Å². The van der Waals surface area contributed by atoms with Gasteiger partial charge in [0.1, 0.15) is 0 Å². The maximum absolute atomic E-state index is 11.5. The highest BCUT2D eigenvalue weighted by atomic mass is 32.1. The number of hydrogen-bond acceptors (Lipinski definition) is 3. The highest BCUT2D eigenvalue weighted by molar-refractivity contribution is 7.09. The number of aromatic nitrogens is 1. The Labute approximate surface area is 120 Å². The molecule has 0 aromatic carbocycles. The lowest BCUT2D eigenvalue weighted by atomic mass is 9.93. The van der Waals surface area contributed by atoms with Gasteiger partial charge >= 0.3 is 0 Å². The van der Waals surface area contributed by atoms with Crippen LogP contribution >= 0.6 is 11.3 Å². The number of nitrogens with one attached hydrogen (secondary N) is 1. The quantitative estimate of drug-likeness (QED) is 0.775. The molecule has 0 fully saturated rings. The minimum Gasteiger partial charge on any atom is -0.356 e. The molecule has 0 bridgehead atoms. The van der Waals surface area contributed by atoms with Crippen LogP contribution in [0.15, 0.2) is 5.38 Å². The smallest absolute Gasteiger partial charge is 0.220 e. The minimum absolute atomic E-state index is 0.109. The lowest BCUT2D eigenvalue weighted by Gasteiger charge is -2.14. The van der Waals surface area contributed by atoms with Gasteiger partial charge in [0.2, 0.25) is 5.91 Å². The average molecular weight is 282 g/mol. The van der Waals surface area contributed by atoms with E-state index in [-0.39, 0.29) is 11.3 Å². The molecule has 1 aromatic rings. The van der Waals surface area contributed by atoms with E-state index in [2.05, 4.69) is 43.4 Å². The van der Waals surface area contributed by atoms with Crippen LogP contribution in [0.3, 0.4) is 0 Å². The zero-order valence-corrected chi connectivity index (χ0v) is 13.4. The molecular weight excluding hydrogens is 256 g/mol. The molecule has 4 heteroatoms. The molecule has 0 atom stereocenters. The highest BCUT2D eigenvalue weighted by Gasteiger charge is 2.17. The first-order valence-corrected chi connectivity index (χ1v) is 8.03. The van der Waals surface area contributed by atoms with E-state index < -0.39 is 0 Å². The zero-order valence-electron chi connectivity index (χ0n) is 12.6. The van der Waals surface area contributed by atoms with Crippen LogP contribution in [-0.4, -0.2) is 17.4 Å². The Morgan fingerprint density at radius 1 is 1.37 bits per heavy atom. The second-order valence-electron chi connectivity index (χ2n) is 5.93. The molecule has 108 valence electrons. The van der Waals surface area contributed by atoms with Crippen LogP contribution in [0.5, 0.6) is 0 Å². The predicted molar refractivity (Wildman–Crippen MR) is 81.7 cm³/mol. The van der Waals surface area contributed by atoms with Crippen LogP contribution in [0.4, 0.5) is 0 Å². The zero-order chi connectivity index (χ0) is 14.3. The number of amides is 1. The van der Waals surface area contributed by atoms with Crippen molar-refractivity contribution in [2.24, 2.45) is 0 Å². The van der Waals surface area contributed by atoms with Gasteiger partial charge in [-0.1, -0.05) is 40.5 Å².